The molecule has 0 fully saturated rings. The quantitative estimate of drug-likeness (QED) is 0.646. The molecule has 1 amide bonds. The van der Waals surface area contributed by atoms with Gasteiger partial charge in [-0.05, 0) is 48.6 Å². The number of nitrogens with zero attached hydrogens (tertiary/aromatic N) is 2. The maximum atomic E-state index is 14.0. The summed E-state index contributed by atoms with van der Waals surface area (Å²) in [5.74, 6) is 0.422. The number of imidazole rings is 1. The van der Waals surface area contributed by atoms with Gasteiger partial charge in [-0.15, -0.1) is 11.8 Å². The minimum atomic E-state index is -0.217. The topological polar surface area (TPSA) is 46.9 Å². The molecule has 7 heteroatoms. The van der Waals surface area contributed by atoms with Gasteiger partial charge in [-0.25, -0.2) is 9.37 Å². The number of carbonyl (C=O) groups excluding carboxylic acids is 1. The second-order valence-corrected chi connectivity index (χ2v) is 8.03. The molecule has 1 aliphatic rings. The standard InChI is InChI=1S/C20H18FN3OS2/c1-26-20-22-10-11-24(20)14-7-5-13(6-8-14)19(25)23-17-9-12-27-18-15(17)3-2-4-16(18)21/h2-8,10-11,17H,9,12H2,1H3,(H,23,25). The predicted molar refractivity (Wildman–Crippen MR) is 107 cm³/mol. The molecule has 2 aromatic carbocycles. The zero-order chi connectivity index (χ0) is 18.8. The van der Waals surface area contributed by atoms with Gasteiger partial charge in [0.25, 0.3) is 5.91 Å². The number of benzene rings is 2. The summed E-state index contributed by atoms with van der Waals surface area (Å²) in [7, 11) is 0. The number of halogens is 1. The number of aromatic nitrogens is 2. The van der Waals surface area contributed by atoms with Crippen LogP contribution in [0.5, 0.6) is 0 Å². The van der Waals surface area contributed by atoms with Crippen molar-refractivity contribution in [2.75, 3.05) is 12.0 Å². The molecule has 0 saturated heterocycles. The van der Waals surface area contributed by atoms with Crippen molar-refractivity contribution >= 4 is 29.4 Å². The van der Waals surface area contributed by atoms with Gasteiger partial charge in [0, 0.05) is 34.3 Å². The molecule has 0 aliphatic carbocycles. The van der Waals surface area contributed by atoms with Crippen molar-refractivity contribution in [3.8, 4) is 5.69 Å². The van der Waals surface area contributed by atoms with Crippen LogP contribution in [-0.2, 0) is 0 Å². The number of hydrogen-bond acceptors (Lipinski definition) is 4. The number of rotatable bonds is 4. The van der Waals surface area contributed by atoms with Gasteiger partial charge in [0.2, 0.25) is 0 Å². The van der Waals surface area contributed by atoms with E-state index in [1.807, 2.05) is 35.2 Å². The third-order valence-electron chi connectivity index (χ3n) is 4.53. The van der Waals surface area contributed by atoms with E-state index in [1.165, 1.54) is 17.8 Å². The van der Waals surface area contributed by atoms with Gasteiger partial charge in [0.05, 0.1) is 6.04 Å². The van der Waals surface area contributed by atoms with Crippen LogP contribution in [-0.4, -0.2) is 27.5 Å². The van der Waals surface area contributed by atoms with Crippen molar-refractivity contribution in [3.05, 3.63) is 71.8 Å². The summed E-state index contributed by atoms with van der Waals surface area (Å²) >= 11 is 3.07. The molecule has 4 rings (SSSR count). The first-order valence-corrected chi connectivity index (χ1v) is 10.8. The third kappa shape index (κ3) is 3.61. The SMILES string of the molecule is CSc1nccn1-c1ccc(C(=O)NC2CCSc3c(F)cccc32)cc1. The van der Waals surface area contributed by atoms with E-state index < -0.39 is 0 Å². The van der Waals surface area contributed by atoms with Crippen LogP contribution in [0.2, 0.25) is 0 Å². The highest BCUT2D eigenvalue weighted by Crippen LogP contribution is 2.37. The minimum absolute atomic E-state index is 0.149. The number of fused-ring (bicyclic) bond motifs is 1. The highest BCUT2D eigenvalue weighted by atomic mass is 32.2. The van der Waals surface area contributed by atoms with Crippen LogP contribution in [0.25, 0.3) is 5.69 Å². The van der Waals surface area contributed by atoms with E-state index in [0.717, 1.165) is 28.6 Å². The number of thioether (sulfide) groups is 2. The van der Waals surface area contributed by atoms with Gasteiger partial charge < -0.3 is 5.32 Å². The summed E-state index contributed by atoms with van der Waals surface area (Å²) in [6.07, 6.45) is 6.41. The Morgan fingerprint density at radius 1 is 1.30 bits per heavy atom. The first kappa shape index (κ1) is 18.1. The lowest BCUT2D eigenvalue weighted by Gasteiger charge is -2.26. The maximum Gasteiger partial charge on any atom is 0.251 e. The Hall–Kier alpha value is -2.25. The van der Waals surface area contributed by atoms with Crippen LogP contribution in [0.15, 0.2) is 64.9 Å². The van der Waals surface area contributed by atoms with Gasteiger partial charge in [0.1, 0.15) is 5.82 Å². The van der Waals surface area contributed by atoms with E-state index in [9.17, 15) is 9.18 Å². The van der Waals surface area contributed by atoms with E-state index in [-0.39, 0.29) is 17.8 Å². The van der Waals surface area contributed by atoms with Crippen molar-refractivity contribution in [2.45, 2.75) is 22.5 Å². The van der Waals surface area contributed by atoms with Gasteiger partial charge in [-0.1, -0.05) is 23.9 Å². The molecule has 1 unspecified atom stereocenters. The van der Waals surface area contributed by atoms with Gasteiger partial charge >= 0.3 is 0 Å². The first-order chi connectivity index (χ1) is 13.2. The Morgan fingerprint density at radius 2 is 2.11 bits per heavy atom. The summed E-state index contributed by atoms with van der Waals surface area (Å²) in [5, 5.41) is 3.95. The molecule has 0 saturated carbocycles. The van der Waals surface area contributed by atoms with Crippen LogP contribution in [0.4, 0.5) is 4.39 Å². The zero-order valence-electron chi connectivity index (χ0n) is 14.7. The average molecular weight is 400 g/mol. The molecule has 0 radical (unpaired) electrons. The van der Waals surface area contributed by atoms with Crippen molar-refractivity contribution in [3.63, 3.8) is 0 Å². The molecule has 4 nitrogen and oxygen atoms in total. The summed E-state index contributed by atoms with van der Waals surface area (Å²) in [6, 6.07) is 12.3. The van der Waals surface area contributed by atoms with Crippen molar-refractivity contribution in [1.82, 2.24) is 14.9 Å². The van der Waals surface area contributed by atoms with E-state index in [0.29, 0.717) is 10.5 Å². The monoisotopic (exact) mass is 399 g/mol. The highest BCUT2D eigenvalue weighted by molar-refractivity contribution is 7.99. The lowest BCUT2D eigenvalue weighted by atomic mass is 10.0. The first-order valence-electron chi connectivity index (χ1n) is 8.57. The number of nitrogens with one attached hydrogen (secondary N) is 1. The zero-order valence-corrected chi connectivity index (χ0v) is 16.3. The molecule has 3 aromatic rings. The Morgan fingerprint density at radius 3 is 2.89 bits per heavy atom. The minimum Gasteiger partial charge on any atom is -0.345 e. The summed E-state index contributed by atoms with van der Waals surface area (Å²) in [6.45, 7) is 0. The van der Waals surface area contributed by atoms with Crippen LogP contribution in [0.3, 0.4) is 0 Å². The summed E-state index contributed by atoms with van der Waals surface area (Å²) < 4.78 is 16.0. The fraction of sp³-hybridized carbons (Fsp3) is 0.200. The maximum absolute atomic E-state index is 14.0. The lowest BCUT2D eigenvalue weighted by molar-refractivity contribution is 0.0935. The van der Waals surface area contributed by atoms with Gasteiger partial charge in [0.15, 0.2) is 5.16 Å². The van der Waals surface area contributed by atoms with Crippen molar-refractivity contribution < 1.29 is 9.18 Å². The van der Waals surface area contributed by atoms with Gasteiger partial charge in [-0.3, -0.25) is 9.36 Å². The number of hydrogen-bond donors (Lipinski definition) is 1. The highest BCUT2D eigenvalue weighted by Gasteiger charge is 2.24. The molecule has 2 heterocycles. The van der Waals surface area contributed by atoms with E-state index >= 15 is 0 Å². The van der Waals surface area contributed by atoms with Crippen LogP contribution < -0.4 is 5.32 Å². The Labute approximate surface area is 165 Å². The Kier molecular flexibility index (Phi) is 5.22. The van der Waals surface area contributed by atoms with E-state index in [4.69, 9.17) is 0 Å². The van der Waals surface area contributed by atoms with Crippen LogP contribution in [0, 0.1) is 5.82 Å². The molecule has 27 heavy (non-hydrogen) atoms. The number of amides is 1. The largest absolute Gasteiger partial charge is 0.345 e. The molecule has 0 spiro atoms. The molecule has 138 valence electrons. The van der Waals surface area contributed by atoms with E-state index in [1.54, 1.807) is 36.2 Å². The molecule has 1 aliphatic heterocycles. The fourth-order valence-electron chi connectivity index (χ4n) is 3.19. The second kappa shape index (κ2) is 7.78. The average Bonchev–Trinajstić information content (AvgIpc) is 3.18. The van der Waals surface area contributed by atoms with E-state index in [2.05, 4.69) is 10.3 Å². The molecule has 1 atom stereocenters. The Balaban J connectivity index is 1.52. The fourth-order valence-corrected chi connectivity index (χ4v) is 4.86. The van der Waals surface area contributed by atoms with Gasteiger partial charge in [-0.2, -0.15) is 0 Å². The summed E-state index contributed by atoms with van der Waals surface area (Å²) in [4.78, 5) is 17.6. The molecule has 1 aromatic heterocycles. The normalized spacial score (nSPS) is 16.0. The molecular weight excluding hydrogens is 381 g/mol. The molecule has 0 bridgehead atoms. The van der Waals surface area contributed by atoms with Crippen LogP contribution in [0.1, 0.15) is 28.4 Å². The smallest absolute Gasteiger partial charge is 0.251 e. The third-order valence-corrected chi connectivity index (χ3v) is 6.35. The van der Waals surface area contributed by atoms with Crippen molar-refractivity contribution in [1.29, 1.82) is 0 Å². The lowest BCUT2D eigenvalue weighted by Crippen LogP contribution is -2.30. The predicted octanol–water partition coefficient (Wildman–Crippen LogP) is 4.70. The van der Waals surface area contributed by atoms with Crippen LogP contribution >= 0.6 is 23.5 Å². The molecular formula is C20H18FN3OS2. The second-order valence-electron chi connectivity index (χ2n) is 6.15. The van der Waals surface area contributed by atoms with Crippen molar-refractivity contribution in [2.24, 2.45) is 0 Å². The molecule has 1 N–H and O–H groups in total. The number of carbonyl (C=O) groups is 1. The summed E-state index contributed by atoms with van der Waals surface area (Å²) in [5.41, 5.74) is 2.40. The Bertz CT molecular complexity index is 972.